The molecule has 2 N–H and O–H groups in total. The summed E-state index contributed by atoms with van der Waals surface area (Å²) in [4.78, 5) is 11.8. The maximum Gasteiger partial charge on any atom is 0.315 e. The molecule has 2 amide bonds. The van der Waals surface area contributed by atoms with Gasteiger partial charge in [-0.2, -0.15) is 0 Å². The van der Waals surface area contributed by atoms with Crippen LogP contribution in [-0.2, 0) is 6.54 Å². The van der Waals surface area contributed by atoms with E-state index in [4.69, 9.17) is 9.47 Å². The summed E-state index contributed by atoms with van der Waals surface area (Å²) < 4.78 is 11.3. The molecule has 0 heterocycles. The van der Waals surface area contributed by atoms with E-state index in [-0.39, 0.29) is 6.03 Å². The maximum atomic E-state index is 11.8. The van der Waals surface area contributed by atoms with Crippen molar-refractivity contribution >= 4 is 22.0 Å². The number of nitrogens with one attached hydrogen (secondary N) is 2. The average molecular weight is 357 g/mol. The largest absolute Gasteiger partial charge is 0.493 e. The van der Waals surface area contributed by atoms with E-state index in [0.29, 0.717) is 24.1 Å². The van der Waals surface area contributed by atoms with E-state index < -0.39 is 0 Å². The van der Waals surface area contributed by atoms with E-state index in [1.807, 2.05) is 12.1 Å². The van der Waals surface area contributed by atoms with Crippen molar-refractivity contribution in [2.24, 2.45) is 5.92 Å². The summed E-state index contributed by atoms with van der Waals surface area (Å²) in [7, 11) is 3.18. The van der Waals surface area contributed by atoms with Crippen molar-refractivity contribution in [2.75, 3.05) is 14.2 Å². The first kappa shape index (κ1) is 15.9. The Morgan fingerprint density at radius 1 is 1.33 bits per heavy atom. The van der Waals surface area contributed by atoms with Crippen LogP contribution in [0.15, 0.2) is 16.6 Å². The van der Waals surface area contributed by atoms with Gasteiger partial charge in [-0.25, -0.2) is 4.79 Å². The van der Waals surface area contributed by atoms with Gasteiger partial charge in [0, 0.05) is 12.6 Å². The fourth-order valence-electron chi connectivity index (χ4n) is 2.51. The van der Waals surface area contributed by atoms with Gasteiger partial charge in [0.2, 0.25) is 0 Å². The molecule has 1 aromatic rings. The second-order valence-corrected chi connectivity index (χ2v) is 6.27. The summed E-state index contributed by atoms with van der Waals surface area (Å²) in [5, 5.41) is 5.83. The number of rotatable bonds is 5. The summed E-state index contributed by atoms with van der Waals surface area (Å²) in [6, 6.07) is 3.96. The molecule has 0 unspecified atom stereocenters. The predicted octanol–water partition coefficient (Wildman–Crippen LogP) is 3.06. The average Bonchev–Trinajstić information content (AvgIpc) is 2.42. The molecular formula is C15H21BrN2O3. The number of methoxy groups -OCH3 is 2. The van der Waals surface area contributed by atoms with Crippen molar-refractivity contribution < 1.29 is 14.3 Å². The number of hydrogen-bond donors (Lipinski definition) is 2. The minimum Gasteiger partial charge on any atom is -0.493 e. The Balaban J connectivity index is 1.90. The van der Waals surface area contributed by atoms with Crippen LogP contribution in [-0.4, -0.2) is 26.3 Å². The van der Waals surface area contributed by atoms with Gasteiger partial charge in [-0.3, -0.25) is 0 Å². The van der Waals surface area contributed by atoms with Crippen LogP contribution in [0.3, 0.4) is 0 Å². The lowest BCUT2D eigenvalue weighted by Gasteiger charge is -2.33. The smallest absolute Gasteiger partial charge is 0.315 e. The predicted molar refractivity (Wildman–Crippen MR) is 84.8 cm³/mol. The van der Waals surface area contributed by atoms with E-state index in [0.717, 1.165) is 28.8 Å². The van der Waals surface area contributed by atoms with E-state index in [1.54, 1.807) is 14.2 Å². The highest BCUT2D eigenvalue weighted by Crippen LogP contribution is 2.36. The minimum absolute atomic E-state index is 0.127. The first-order valence-corrected chi connectivity index (χ1v) is 7.77. The number of carbonyl (C=O) groups is 1. The SMILES string of the molecule is COc1cc(CNC(=O)NC2CC(C)C2)cc(Br)c1OC. The van der Waals surface area contributed by atoms with Crippen molar-refractivity contribution in [1.29, 1.82) is 0 Å². The van der Waals surface area contributed by atoms with Crippen LogP contribution < -0.4 is 20.1 Å². The third-order valence-electron chi connectivity index (χ3n) is 3.66. The van der Waals surface area contributed by atoms with Gasteiger partial charge in [0.15, 0.2) is 11.5 Å². The Labute approximate surface area is 133 Å². The Kier molecular flexibility index (Phi) is 5.33. The molecule has 0 aliphatic heterocycles. The van der Waals surface area contributed by atoms with Gasteiger partial charge in [0.1, 0.15) is 0 Å². The molecule has 6 heteroatoms. The molecule has 5 nitrogen and oxygen atoms in total. The Hall–Kier alpha value is -1.43. The normalized spacial score (nSPS) is 20.4. The van der Waals surface area contributed by atoms with Crippen molar-refractivity contribution in [3.05, 3.63) is 22.2 Å². The Bertz CT molecular complexity index is 516. The zero-order chi connectivity index (χ0) is 15.4. The van der Waals surface area contributed by atoms with Crippen molar-refractivity contribution in [3.63, 3.8) is 0 Å². The quantitative estimate of drug-likeness (QED) is 0.852. The van der Waals surface area contributed by atoms with Gasteiger partial charge in [0.25, 0.3) is 0 Å². The van der Waals surface area contributed by atoms with Gasteiger partial charge in [0.05, 0.1) is 18.7 Å². The molecule has 116 valence electrons. The summed E-state index contributed by atoms with van der Waals surface area (Å²) in [5.41, 5.74) is 0.941. The minimum atomic E-state index is -0.127. The Morgan fingerprint density at radius 2 is 2.05 bits per heavy atom. The van der Waals surface area contributed by atoms with E-state index in [9.17, 15) is 4.79 Å². The molecule has 1 aliphatic carbocycles. The zero-order valence-corrected chi connectivity index (χ0v) is 14.1. The summed E-state index contributed by atoms with van der Waals surface area (Å²) in [6.07, 6.45) is 2.13. The summed E-state index contributed by atoms with van der Waals surface area (Å²) in [5.74, 6) is 2.00. The van der Waals surface area contributed by atoms with Gasteiger partial charge in [-0.05, 0) is 52.4 Å². The zero-order valence-electron chi connectivity index (χ0n) is 12.5. The van der Waals surface area contributed by atoms with Crippen LogP contribution >= 0.6 is 15.9 Å². The first-order valence-electron chi connectivity index (χ1n) is 6.98. The van der Waals surface area contributed by atoms with Gasteiger partial charge in [-0.15, -0.1) is 0 Å². The highest BCUT2D eigenvalue weighted by atomic mass is 79.9. The third-order valence-corrected chi connectivity index (χ3v) is 4.24. The lowest BCUT2D eigenvalue weighted by atomic mass is 9.82. The highest BCUT2D eigenvalue weighted by molar-refractivity contribution is 9.10. The van der Waals surface area contributed by atoms with Crippen molar-refractivity contribution in [3.8, 4) is 11.5 Å². The fourth-order valence-corrected chi connectivity index (χ4v) is 3.16. The van der Waals surface area contributed by atoms with Gasteiger partial charge >= 0.3 is 6.03 Å². The Morgan fingerprint density at radius 3 is 2.62 bits per heavy atom. The molecule has 0 atom stereocenters. The van der Waals surface area contributed by atoms with Crippen LogP contribution in [0.25, 0.3) is 0 Å². The molecule has 2 rings (SSSR count). The van der Waals surface area contributed by atoms with Crippen LogP contribution in [0, 0.1) is 5.92 Å². The summed E-state index contributed by atoms with van der Waals surface area (Å²) >= 11 is 3.44. The van der Waals surface area contributed by atoms with Gasteiger partial charge < -0.3 is 20.1 Å². The molecule has 0 saturated heterocycles. The number of halogens is 1. The molecule has 21 heavy (non-hydrogen) atoms. The van der Waals surface area contributed by atoms with Crippen LogP contribution in [0.2, 0.25) is 0 Å². The molecule has 1 aliphatic rings. The van der Waals surface area contributed by atoms with Crippen LogP contribution in [0.5, 0.6) is 11.5 Å². The molecule has 0 radical (unpaired) electrons. The monoisotopic (exact) mass is 356 g/mol. The third kappa shape index (κ3) is 4.03. The molecule has 0 spiro atoms. The number of ether oxygens (including phenoxy) is 2. The number of hydrogen-bond acceptors (Lipinski definition) is 3. The van der Waals surface area contributed by atoms with E-state index in [1.165, 1.54) is 0 Å². The highest BCUT2D eigenvalue weighted by Gasteiger charge is 2.26. The van der Waals surface area contributed by atoms with E-state index in [2.05, 4.69) is 33.5 Å². The van der Waals surface area contributed by atoms with Crippen molar-refractivity contribution in [2.45, 2.75) is 32.4 Å². The van der Waals surface area contributed by atoms with Crippen molar-refractivity contribution in [1.82, 2.24) is 10.6 Å². The van der Waals surface area contributed by atoms with Gasteiger partial charge in [-0.1, -0.05) is 6.92 Å². The molecule has 1 fully saturated rings. The second kappa shape index (κ2) is 7.02. The van der Waals surface area contributed by atoms with E-state index >= 15 is 0 Å². The topological polar surface area (TPSA) is 59.6 Å². The van der Waals surface area contributed by atoms with Crippen LogP contribution in [0.1, 0.15) is 25.3 Å². The molecule has 0 bridgehead atoms. The molecule has 1 saturated carbocycles. The maximum absolute atomic E-state index is 11.8. The number of carbonyl (C=O) groups excluding carboxylic acids is 1. The lowest BCUT2D eigenvalue weighted by molar-refractivity contribution is 0.210. The standard InChI is InChI=1S/C15H21BrN2O3/c1-9-4-11(5-9)18-15(19)17-8-10-6-12(16)14(21-3)13(7-10)20-2/h6-7,9,11H,4-5,8H2,1-3H3,(H2,17,18,19). The number of benzene rings is 1. The molecule has 1 aromatic carbocycles. The number of amides is 2. The molecule has 0 aromatic heterocycles. The number of urea groups is 1. The van der Waals surface area contributed by atoms with Crippen LogP contribution in [0.4, 0.5) is 4.79 Å². The first-order chi connectivity index (χ1) is 10.0. The second-order valence-electron chi connectivity index (χ2n) is 5.41. The summed E-state index contributed by atoms with van der Waals surface area (Å²) in [6.45, 7) is 2.63. The lowest BCUT2D eigenvalue weighted by Crippen LogP contribution is -2.47. The fraction of sp³-hybridized carbons (Fsp3) is 0.533. The molecular weight excluding hydrogens is 336 g/mol.